The van der Waals surface area contributed by atoms with E-state index in [4.69, 9.17) is 19.6 Å². The number of halogens is 1. The first-order valence-electron chi connectivity index (χ1n) is 5.57. The zero-order valence-corrected chi connectivity index (χ0v) is 14.7. The Morgan fingerprint density at radius 2 is 1.76 bits per heavy atom. The Morgan fingerprint density at radius 1 is 1.24 bits per heavy atom. The minimum atomic E-state index is -5.10. The number of anilines is 1. The Hall–Kier alpha value is -0.280. The number of carbonyl (C=O) groups excluding carboxylic acids is 1. The molecule has 118 valence electrons. The number of amides is 1. The molecule has 1 aromatic rings. The summed E-state index contributed by atoms with van der Waals surface area (Å²) in [7, 11) is -10.2. The maximum Gasteiger partial charge on any atom is 0.341 e. The first-order valence-corrected chi connectivity index (χ1v) is 10.0. The molecule has 0 atom stereocenters. The van der Waals surface area contributed by atoms with Gasteiger partial charge in [-0.15, -0.1) is 0 Å². The summed E-state index contributed by atoms with van der Waals surface area (Å²) in [5.41, 5.74) is 1.36. The molecule has 1 amide bonds. The smallest absolute Gasteiger partial charge is 0.326 e. The van der Waals surface area contributed by atoms with Gasteiger partial charge in [0.15, 0.2) is 5.40 Å². The molecule has 0 unspecified atom stereocenters. The summed E-state index contributed by atoms with van der Waals surface area (Å²) in [5, 5.41) is 0.0158. The van der Waals surface area contributed by atoms with E-state index in [1.54, 1.807) is 18.2 Å². The molecule has 1 aromatic carbocycles. The Kier molecular flexibility index (Phi) is 6.14. The number of rotatable bonds is 5. The van der Waals surface area contributed by atoms with Gasteiger partial charge in [-0.1, -0.05) is 6.07 Å². The predicted octanol–water partition coefficient (Wildman–Crippen LogP) is 1.61. The molecule has 0 aromatic heterocycles. The Morgan fingerprint density at radius 3 is 2.19 bits per heavy atom. The minimum Gasteiger partial charge on any atom is -0.326 e. The number of hydrogen-bond acceptors (Lipinski definition) is 3. The molecule has 0 fully saturated rings. The van der Waals surface area contributed by atoms with Gasteiger partial charge in [0.25, 0.3) is 0 Å². The summed E-state index contributed by atoms with van der Waals surface area (Å²) in [6.45, 7) is 1.87. The lowest BCUT2D eigenvalue weighted by atomic mass is 10.2. The molecule has 0 radical (unpaired) electrons. The van der Waals surface area contributed by atoms with E-state index in [2.05, 4.69) is 5.32 Å². The Bertz CT molecular complexity index is 616. The highest BCUT2D eigenvalue weighted by molar-refractivity contribution is 14.1. The van der Waals surface area contributed by atoms with Crippen molar-refractivity contribution in [2.75, 3.05) is 5.32 Å². The van der Waals surface area contributed by atoms with Crippen molar-refractivity contribution in [2.24, 2.45) is 0 Å². The normalized spacial score (nSPS) is 12.5. The summed E-state index contributed by atoms with van der Waals surface area (Å²) in [6.07, 6.45) is -0.973. The van der Waals surface area contributed by atoms with Crippen LogP contribution in [0, 0.1) is 10.5 Å². The van der Waals surface area contributed by atoms with Crippen molar-refractivity contribution in [2.45, 2.75) is 18.7 Å². The zero-order chi connectivity index (χ0) is 16.4. The largest absolute Gasteiger partial charge is 0.341 e. The number of aryl methyl sites for hydroxylation is 1. The summed E-state index contributed by atoms with van der Waals surface area (Å²) < 4.78 is 23.0. The van der Waals surface area contributed by atoms with Crippen LogP contribution >= 0.6 is 37.8 Å². The van der Waals surface area contributed by atoms with Gasteiger partial charge in [0.05, 0.1) is 6.42 Å². The van der Waals surface area contributed by atoms with Crippen LogP contribution in [0.1, 0.15) is 12.0 Å². The minimum absolute atomic E-state index is 0.380. The molecule has 0 bridgehead atoms. The summed E-state index contributed by atoms with van der Waals surface area (Å²) >= 11 is 2.05. The Balaban J connectivity index is 2.86. The molecule has 0 spiro atoms. The molecule has 0 aliphatic rings. The van der Waals surface area contributed by atoms with Gasteiger partial charge in [0.1, 0.15) is 0 Å². The lowest BCUT2D eigenvalue weighted by molar-refractivity contribution is -0.116. The van der Waals surface area contributed by atoms with E-state index in [0.717, 1.165) is 9.13 Å². The van der Waals surface area contributed by atoms with Crippen molar-refractivity contribution in [3.05, 3.63) is 27.3 Å². The number of nitrogens with one attached hydrogen (secondary N) is 1. The fourth-order valence-corrected chi connectivity index (χ4v) is 4.37. The van der Waals surface area contributed by atoms with Crippen LogP contribution in [-0.4, -0.2) is 30.9 Å². The van der Waals surface area contributed by atoms with Gasteiger partial charge in [0.2, 0.25) is 5.91 Å². The summed E-state index contributed by atoms with van der Waals surface area (Å²) in [4.78, 5) is 47.5. The third kappa shape index (κ3) is 5.78. The first-order chi connectivity index (χ1) is 9.41. The van der Waals surface area contributed by atoms with Crippen molar-refractivity contribution in [3.63, 3.8) is 0 Å². The van der Waals surface area contributed by atoms with E-state index in [-0.39, 0.29) is 0 Å². The highest BCUT2D eigenvalue weighted by atomic mass is 127. The lowest BCUT2D eigenvalue weighted by Crippen LogP contribution is -2.20. The van der Waals surface area contributed by atoms with E-state index >= 15 is 0 Å². The maximum absolute atomic E-state index is 11.7. The van der Waals surface area contributed by atoms with Crippen LogP contribution in [0.4, 0.5) is 5.69 Å². The van der Waals surface area contributed by atoms with Gasteiger partial charge in [-0.3, -0.25) is 13.9 Å². The van der Waals surface area contributed by atoms with Crippen LogP contribution < -0.4 is 5.32 Å². The predicted molar refractivity (Wildman–Crippen MR) is 85.0 cm³/mol. The van der Waals surface area contributed by atoms with Gasteiger partial charge < -0.3 is 24.9 Å². The molecule has 21 heavy (non-hydrogen) atoms. The van der Waals surface area contributed by atoms with Gasteiger partial charge in [-0.25, -0.2) is 0 Å². The second kappa shape index (κ2) is 6.87. The van der Waals surface area contributed by atoms with Crippen molar-refractivity contribution in [1.29, 1.82) is 0 Å². The fourth-order valence-electron chi connectivity index (χ4n) is 1.48. The second-order valence-corrected chi connectivity index (χ2v) is 9.55. The van der Waals surface area contributed by atoms with E-state index in [9.17, 15) is 13.9 Å². The third-order valence-corrected chi connectivity index (χ3v) is 7.49. The summed E-state index contributed by atoms with van der Waals surface area (Å²) in [5.74, 6) is -0.883. The molecular formula is C10H14INO7P2. The van der Waals surface area contributed by atoms with Crippen LogP contribution in [0.15, 0.2) is 18.2 Å². The molecule has 8 nitrogen and oxygen atoms in total. The fraction of sp³-hybridized carbons (Fsp3) is 0.300. The van der Waals surface area contributed by atoms with E-state index < -0.39 is 32.9 Å². The second-order valence-electron chi connectivity index (χ2n) is 4.38. The lowest BCUT2D eigenvalue weighted by Gasteiger charge is -2.19. The van der Waals surface area contributed by atoms with Crippen LogP contribution in [0.2, 0.25) is 0 Å². The molecule has 0 heterocycles. The molecule has 1 rings (SSSR count). The van der Waals surface area contributed by atoms with E-state index in [0.29, 0.717) is 5.69 Å². The molecule has 11 heteroatoms. The van der Waals surface area contributed by atoms with Crippen LogP contribution in [-0.2, 0) is 13.9 Å². The quantitative estimate of drug-likeness (QED) is 0.340. The number of hydrogen-bond donors (Lipinski definition) is 5. The van der Waals surface area contributed by atoms with Crippen LogP contribution in [0.5, 0.6) is 0 Å². The standard InChI is InChI=1S/C10H14INO7P2/c1-6-2-3-7(4-8(6)11)12-9(13)5-10(20(14,15)16)21(17,18)19/h2-4,10H,5H2,1H3,(H,12,13)(H2,14,15,16)(H2,17,18,19). The first kappa shape index (κ1) is 18.8. The molecule has 5 N–H and O–H groups in total. The zero-order valence-electron chi connectivity index (χ0n) is 10.8. The Labute approximate surface area is 134 Å². The average molecular weight is 449 g/mol. The average Bonchev–Trinajstić information content (AvgIpc) is 2.28. The van der Waals surface area contributed by atoms with Crippen molar-refractivity contribution < 1.29 is 33.5 Å². The van der Waals surface area contributed by atoms with Crippen LogP contribution in [0.3, 0.4) is 0 Å². The monoisotopic (exact) mass is 449 g/mol. The topological polar surface area (TPSA) is 144 Å². The van der Waals surface area contributed by atoms with Gasteiger partial charge in [-0.05, 0) is 47.2 Å². The molecular weight excluding hydrogens is 435 g/mol. The van der Waals surface area contributed by atoms with Gasteiger partial charge in [0, 0.05) is 9.26 Å². The van der Waals surface area contributed by atoms with Gasteiger partial charge in [-0.2, -0.15) is 0 Å². The van der Waals surface area contributed by atoms with Crippen molar-refractivity contribution >= 4 is 49.4 Å². The third-order valence-electron chi connectivity index (χ3n) is 2.60. The van der Waals surface area contributed by atoms with Crippen LogP contribution in [0.25, 0.3) is 0 Å². The molecule has 0 saturated carbocycles. The number of carbonyl (C=O) groups is 1. The van der Waals surface area contributed by atoms with Crippen molar-refractivity contribution in [1.82, 2.24) is 0 Å². The molecule has 0 aliphatic carbocycles. The highest BCUT2D eigenvalue weighted by Gasteiger charge is 2.44. The summed E-state index contributed by atoms with van der Waals surface area (Å²) in [6, 6.07) is 4.96. The SMILES string of the molecule is Cc1ccc(NC(=O)CC(P(=O)(O)O)P(=O)(O)O)cc1I. The van der Waals surface area contributed by atoms with Gasteiger partial charge >= 0.3 is 15.2 Å². The molecule has 0 aliphatic heterocycles. The maximum atomic E-state index is 11.7. The van der Waals surface area contributed by atoms with E-state index in [1.807, 2.05) is 29.5 Å². The van der Waals surface area contributed by atoms with Crippen molar-refractivity contribution in [3.8, 4) is 0 Å². The van der Waals surface area contributed by atoms with E-state index in [1.165, 1.54) is 0 Å². The number of benzene rings is 1. The molecule has 0 saturated heterocycles. The highest BCUT2D eigenvalue weighted by Crippen LogP contribution is 2.61.